The Hall–Kier alpha value is -0.775. The lowest BCUT2D eigenvalue weighted by Crippen LogP contribution is -2.41. The van der Waals surface area contributed by atoms with E-state index in [1.54, 1.807) is 6.92 Å². The lowest BCUT2D eigenvalue weighted by molar-refractivity contribution is 0.00578. The average molecular weight is 301 g/mol. The number of halogens is 2. The van der Waals surface area contributed by atoms with Crippen molar-refractivity contribution in [1.82, 2.24) is 0 Å². The van der Waals surface area contributed by atoms with Crippen LogP contribution < -0.4 is 10.2 Å². The van der Waals surface area contributed by atoms with E-state index in [1.165, 1.54) is 12.1 Å². The average Bonchev–Trinajstić information content (AvgIpc) is 2.53. The van der Waals surface area contributed by atoms with E-state index in [9.17, 15) is 4.39 Å². The standard InChI is InChI=1S/C14H19BClFO3/c1-6-18-12-8-10(16)9(7-11(12)17)15-19-13(2,3)14(4,5)20-15/h7-8H,6H2,1-5H3. The lowest BCUT2D eigenvalue weighted by atomic mass is 9.79. The molecule has 0 bridgehead atoms. The second kappa shape index (κ2) is 5.21. The molecule has 0 spiro atoms. The number of hydrogen-bond donors (Lipinski definition) is 0. The van der Waals surface area contributed by atoms with E-state index in [0.29, 0.717) is 17.1 Å². The third-order valence-corrected chi connectivity index (χ3v) is 4.19. The summed E-state index contributed by atoms with van der Waals surface area (Å²) >= 11 is 6.20. The number of ether oxygens (including phenoxy) is 1. The van der Waals surface area contributed by atoms with Gasteiger partial charge in [-0.05, 0) is 40.7 Å². The van der Waals surface area contributed by atoms with Crippen molar-refractivity contribution in [2.75, 3.05) is 6.61 Å². The number of rotatable bonds is 3. The molecular weight excluding hydrogens is 281 g/mol. The molecule has 1 aromatic carbocycles. The van der Waals surface area contributed by atoms with Gasteiger partial charge in [-0.3, -0.25) is 0 Å². The highest BCUT2D eigenvalue weighted by Gasteiger charge is 2.52. The monoisotopic (exact) mass is 300 g/mol. The molecule has 2 rings (SSSR count). The molecule has 0 radical (unpaired) electrons. The third-order valence-electron chi connectivity index (χ3n) is 3.86. The van der Waals surface area contributed by atoms with E-state index in [-0.39, 0.29) is 5.75 Å². The van der Waals surface area contributed by atoms with Crippen LogP contribution in [0.4, 0.5) is 4.39 Å². The fourth-order valence-electron chi connectivity index (χ4n) is 1.96. The first-order valence-electron chi connectivity index (χ1n) is 6.65. The Kier molecular flexibility index (Phi) is 4.06. The SMILES string of the molecule is CCOc1cc(Cl)c(B2OC(C)(C)C(C)(C)O2)cc1F. The van der Waals surface area contributed by atoms with Crippen molar-refractivity contribution < 1.29 is 18.4 Å². The van der Waals surface area contributed by atoms with Crippen LogP contribution in [0.3, 0.4) is 0 Å². The zero-order chi connectivity index (χ0) is 15.1. The molecule has 1 aromatic rings. The molecule has 1 heterocycles. The molecule has 0 amide bonds. The highest BCUT2D eigenvalue weighted by atomic mass is 35.5. The molecule has 3 nitrogen and oxygen atoms in total. The van der Waals surface area contributed by atoms with Gasteiger partial charge in [0.25, 0.3) is 0 Å². The van der Waals surface area contributed by atoms with Gasteiger partial charge in [-0.2, -0.15) is 0 Å². The van der Waals surface area contributed by atoms with Crippen LogP contribution in [0, 0.1) is 5.82 Å². The van der Waals surface area contributed by atoms with E-state index in [4.69, 9.17) is 25.6 Å². The molecule has 6 heteroatoms. The summed E-state index contributed by atoms with van der Waals surface area (Å²) in [6.07, 6.45) is 0. The van der Waals surface area contributed by atoms with Gasteiger partial charge in [0.2, 0.25) is 0 Å². The smallest absolute Gasteiger partial charge is 0.491 e. The molecule has 20 heavy (non-hydrogen) atoms. The Balaban J connectivity index is 2.34. The van der Waals surface area contributed by atoms with Crippen molar-refractivity contribution in [2.45, 2.75) is 45.8 Å². The van der Waals surface area contributed by atoms with Crippen LogP contribution in [0.25, 0.3) is 0 Å². The summed E-state index contributed by atoms with van der Waals surface area (Å²) in [7, 11) is -0.683. The molecule has 0 aromatic heterocycles. The van der Waals surface area contributed by atoms with E-state index in [1.807, 2.05) is 27.7 Å². The van der Waals surface area contributed by atoms with Crippen LogP contribution in [0.15, 0.2) is 12.1 Å². The van der Waals surface area contributed by atoms with Gasteiger partial charge in [-0.15, -0.1) is 0 Å². The Bertz CT molecular complexity index is 503. The first-order valence-corrected chi connectivity index (χ1v) is 7.03. The summed E-state index contributed by atoms with van der Waals surface area (Å²) in [4.78, 5) is 0. The van der Waals surface area contributed by atoms with Gasteiger partial charge in [0, 0.05) is 16.6 Å². The Morgan fingerprint density at radius 1 is 1.20 bits per heavy atom. The van der Waals surface area contributed by atoms with Crippen LogP contribution in [0.1, 0.15) is 34.6 Å². The zero-order valence-electron chi connectivity index (χ0n) is 12.4. The van der Waals surface area contributed by atoms with E-state index < -0.39 is 24.1 Å². The second-order valence-electron chi connectivity index (χ2n) is 5.83. The topological polar surface area (TPSA) is 27.7 Å². The van der Waals surface area contributed by atoms with Gasteiger partial charge in [0.15, 0.2) is 11.6 Å². The highest BCUT2D eigenvalue weighted by molar-refractivity contribution is 6.65. The first kappa shape index (κ1) is 15.6. The van der Waals surface area contributed by atoms with Gasteiger partial charge in [-0.25, -0.2) is 4.39 Å². The summed E-state index contributed by atoms with van der Waals surface area (Å²) in [5.41, 5.74) is -0.502. The van der Waals surface area contributed by atoms with Crippen molar-refractivity contribution in [2.24, 2.45) is 0 Å². The summed E-state index contributed by atoms with van der Waals surface area (Å²) in [6, 6.07) is 2.77. The molecule has 0 aliphatic carbocycles. The van der Waals surface area contributed by atoms with Gasteiger partial charge >= 0.3 is 7.12 Å². The van der Waals surface area contributed by atoms with Crippen molar-refractivity contribution in [3.8, 4) is 5.75 Å². The number of hydrogen-bond acceptors (Lipinski definition) is 3. The van der Waals surface area contributed by atoms with E-state index >= 15 is 0 Å². The summed E-state index contributed by atoms with van der Waals surface area (Å²) in [5, 5.41) is 0.369. The van der Waals surface area contributed by atoms with E-state index in [2.05, 4.69) is 0 Å². The van der Waals surface area contributed by atoms with Gasteiger partial charge in [0.05, 0.1) is 17.8 Å². The fraction of sp³-hybridized carbons (Fsp3) is 0.571. The van der Waals surface area contributed by atoms with Gasteiger partial charge < -0.3 is 14.0 Å². The largest absolute Gasteiger partial charge is 0.496 e. The van der Waals surface area contributed by atoms with Gasteiger partial charge in [-0.1, -0.05) is 11.6 Å². The third kappa shape index (κ3) is 2.67. The molecule has 1 aliphatic heterocycles. The minimum absolute atomic E-state index is 0.137. The molecule has 0 atom stereocenters. The molecular formula is C14H19BClFO3. The minimum atomic E-state index is -0.683. The van der Waals surface area contributed by atoms with Crippen LogP contribution in [-0.2, 0) is 9.31 Å². The maximum atomic E-state index is 14.0. The highest BCUT2D eigenvalue weighted by Crippen LogP contribution is 2.37. The predicted molar refractivity (Wildman–Crippen MR) is 78.3 cm³/mol. The quantitative estimate of drug-likeness (QED) is 0.803. The van der Waals surface area contributed by atoms with Crippen molar-refractivity contribution in [1.29, 1.82) is 0 Å². The fourth-order valence-corrected chi connectivity index (χ4v) is 2.20. The van der Waals surface area contributed by atoms with Crippen molar-refractivity contribution in [3.05, 3.63) is 23.0 Å². The van der Waals surface area contributed by atoms with Crippen LogP contribution >= 0.6 is 11.6 Å². The van der Waals surface area contributed by atoms with Gasteiger partial charge in [0.1, 0.15) is 0 Å². The lowest BCUT2D eigenvalue weighted by Gasteiger charge is -2.32. The molecule has 0 saturated carbocycles. The van der Waals surface area contributed by atoms with E-state index in [0.717, 1.165) is 0 Å². The van der Waals surface area contributed by atoms with Crippen LogP contribution in [-0.4, -0.2) is 24.9 Å². The van der Waals surface area contributed by atoms with Crippen molar-refractivity contribution >= 4 is 24.2 Å². The molecule has 1 saturated heterocycles. The van der Waals surface area contributed by atoms with Crippen molar-refractivity contribution in [3.63, 3.8) is 0 Å². The molecule has 110 valence electrons. The maximum Gasteiger partial charge on any atom is 0.496 e. The van der Waals surface area contributed by atoms with Crippen LogP contribution in [0.5, 0.6) is 5.75 Å². The Morgan fingerprint density at radius 2 is 1.75 bits per heavy atom. The Labute approximate surface area is 124 Å². The minimum Gasteiger partial charge on any atom is -0.491 e. The molecule has 0 unspecified atom stereocenters. The Morgan fingerprint density at radius 3 is 2.25 bits per heavy atom. The molecule has 0 N–H and O–H groups in total. The normalized spacial score (nSPS) is 20.2. The zero-order valence-corrected chi connectivity index (χ0v) is 13.2. The second-order valence-corrected chi connectivity index (χ2v) is 6.23. The number of benzene rings is 1. The first-order chi connectivity index (χ1) is 9.18. The summed E-state index contributed by atoms with van der Waals surface area (Å²) in [6.45, 7) is 9.91. The summed E-state index contributed by atoms with van der Waals surface area (Å²) < 4.78 is 30.9. The predicted octanol–water partition coefficient (Wildman–Crippen LogP) is 3.18. The maximum absolute atomic E-state index is 14.0. The van der Waals surface area contributed by atoms with Crippen LogP contribution in [0.2, 0.25) is 5.02 Å². The summed E-state index contributed by atoms with van der Waals surface area (Å²) in [5.74, 6) is -0.335. The molecule has 1 fully saturated rings. The molecule has 1 aliphatic rings.